The van der Waals surface area contributed by atoms with Crippen LogP contribution in [0.3, 0.4) is 0 Å². The van der Waals surface area contributed by atoms with Crippen LogP contribution in [0.15, 0.2) is 23.3 Å². The topological polar surface area (TPSA) is 14.1 Å². The van der Waals surface area contributed by atoms with Gasteiger partial charge < -0.3 is 30.1 Å². The van der Waals surface area contributed by atoms with E-state index < -0.39 is 8.80 Å². The zero-order chi connectivity index (χ0) is 12.5. The van der Waals surface area contributed by atoms with Crippen molar-refractivity contribution in [1.29, 1.82) is 0 Å². The summed E-state index contributed by atoms with van der Waals surface area (Å²) in [6.45, 7) is 9.45. The fourth-order valence-corrected chi connectivity index (χ4v) is 5.29. The third-order valence-electron chi connectivity index (χ3n) is 4.65. The summed E-state index contributed by atoms with van der Waals surface area (Å²) >= 11 is 0. The van der Waals surface area contributed by atoms with Crippen LogP contribution in [0.5, 0.6) is 0 Å². The molecule has 2 rings (SSSR count). The van der Waals surface area contributed by atoms with Crippen molar-refractivity contribution < 1.29 is 46.5 Å². The molecule has 0 aromatic rings. The van der Waals surface area contributed by atoms with E-state index in [0.29, 0.717) is 11.2 Å². The minimum Gasteiger partial charge on any atom is -1.00 e. The van der Waals surface area contributed by atoms with Gasteiger partial charge >= 0.3 is 21.7 Å². The van der Waals surface area contributed by atoms with Crippen LogP contribution in [-0.4, -0.2) is 20.0 Å². The van der Waals surface area contributed by atoms with Crippen LogP contribution >= 0.6 is 0 Å². The van der Waals surface area contributed by atoms with Gasteiger partial charge in [-0.1, -0.05) is 74.5 Å². The summed E-state index contributed by atoms with van der Waals surface area (Å²) in [6.07, 6.45) is 11.4. The van der Waals surface area contributed by atoms with E-state index in [2.05, 4.69) is 39.1 Å². The Hall–Kier alpha value is 0.951. The van der Waals surface area contributed by atoms with Crippen molar-refractivity contribution in [3.8, 4) is 0 Å². The molecular formula is C15H26Cl2NSiTi. The third kappa shape index (κ3) is 5.00. The van der Waals surface area contributed by atoms with Crippen molar-refractivity contribution in [2.45, 2.75) is 70.2 Å². The van der Waals surface area contributed by atoms with Crippen molar-refractivity contribution in [1.82, 2.24) is 0 Å². The molecule has 113 valence electrons. The molecular weight excluding hydrogens is 341 g/mol. The maximum atomic E-state index is 5.35. The smallest absolute Gasteiger partial charge is 1.00 e. The van der Waals surface area contributed by atoms with Crippen molar-refractivity contribution >= 4 is 8.80 Å². The van der Waals surface area contributed by atoms with E-state index in [4.69, 9.17) is 5.32 Å². The molecule has 2 aliphatic rings. The molecule has 1 fully saturated rings. The second-order valence-corrected chi connectivity index (χ2v) is 9.56. The zero-order valence-corrected chi connectivity index (χ0v) is 17.3. The quantitative estimate of drug-likeness (QED) is 0.532. The van der Waals surface area contributed by atoms with E-state index in [1.54, 1.807) is 0 Å². The van der Waals surface area contributed by atoms with Gasteiger partial charge in [-0.25, -0.2) is 0 Å². The minimum atomic E-state index is -0.720. The molecule has 2 aliphatic carbocycles. The predicted molar refractivity (Wildman–Crippen MR) is 79.4 cm³/mol. The summed E-state index contributed by atoms with van der Waals surface area (Å²) in [5.41, 5.74) is 2.89. The number of nitrogens with zero attached hydrogens (tertiary/aromatic N) is 1. The second-order valence-electron chi connectivity index (χ2n) is 6.17. The Labute approximate surface area is 153 Å². The van der Waals surface area contributed by atoms with Gasteiger partial charge in [-0.05, 0) is 13.8 Å². The number of hydrogen-bond donors (Lipinski definition) is 0. The van der Waals surface area contributed by atoms with E-state index in [0.717, 1.165) is 0 Å². The van der Waals surface area contributed by atoms with E-state index in [1.807, 2.05) is 0 Å². The van der Waals surface area contributed by atoms with Crippen LogP contribution in [0.25, 0.3) is 5.32 Å². The minimum absolute atomic E-state index is 0. The number of rotatable bonds is 3. The van der Waals surface area contributed by atoms with E-state index in [1.165, 1.54) is 43.3 Å². The van der Waals surface area contributed by atoms with Crippen molar-refractivity contribution in [2.24, 2.45) is 0 Å². The second kappa shape index (κ2) is 9.86. The Morgan fingerprint density at radius 3 is 1.85 bits per heavy atom. The van der Waals surface area contributed by atoms with Gasteiger partial charge in [0.25, 0.3) is 0 Å². The Morgan fingerprint density at radius 2 is 1.45 bits per heavy atom. The summed E-state index contributed by atoms with van der Waals surface area (Å²) < 4.78 is 0. The molecule has 0 unspecified atom stereocenters. The van der Waals surface area contributed by atoms with Crippen LogP contribution < -0.4 is 24.8 Å². The Morgan fingerprint density at radius 1 is 1.00 bits per heavy atom. The van der Waals surface area contributed by atoms with Crippen LogP contribution in [-0.2, 0) is 21.7 Å². The molecule has 0 spiro atoms. The van der Waals surface area contributed by atoms with Gasteiger partial charge in [0.05, 0.1) is 0 Å². The fraction of sp³-hybridized carbons (Fsp3) is 0.733. The Bertz CT molecular complexity index is 332. The largest absolute Gasteiger partial charge is 3.00 e. The van der Waals surface area contributed by atoms with Gasteiger partial charge in [0.1, 0.15) is 0 Å². The third-order valence-corrected chi connectivity index (χ3v) is 7.53. The summed E-state index contributed by atoms with van der Waals surface area (Å²) in [6, 6.07) is 0.406. The first kappa shape index (κ1) is 23.2. The molecule has 0 atom stereocenters. The molecule has 0 aromatic heterocycles. The molecule has 0 aromatic carbocycles. The van der Waals surface area contributed by atoms with Gasteiger partial charge in [0.15, 0.2) is 0 Å². The number of allylic oxidation sites excluding steroid dienone is 2. The Kier molecular flexibility index (Phi) is 11.5. The first-order chi connectivity index (χ1) is 8.05. The van der Waals surface area contributed by atoms with Crippen molar-refractivity contribution in [2.75, 3.05) is 0 Å². The molecule has 0 amide bonds. The van der Waals surface area contributed by atoms with Gasteiger partial charge in [0, 0.05) is 8.80 Å². The number of hydrogen-bond acceptors (Lipinski definition) is 0. The van der Waals surface area contributed by atoms with E-state index >= 15 is 0 Å². The van der Waals surface area contributed by atoms with Gasteiger partial charge in [0.2, 0.25) is 0 Å². The van der Waals surface area contributed by atoms with Crippen molar-refractivity contribution in [3.05, 3.63) is 28.6 Å². The van der Waals surface area contributed by atoms with E-state index in [9.17, 15) is 0 Å². The van der Waals surface area contributed by atoms with Gasteiger partial charge in [-0.2, -0.15) is 0 Å². The predicted octanol–water partition coefficient (Wildman–Crippen LogP) is -1.63. The fourth-order valence-electron chi connectivity index (χ4n) is 3.28. The monoisotopic (exact) mass is 366 g/mol. The summed E-state index contributed by atoms with van der Waals surface area (Å²) in [7, 11) is -0.720. The molecule has 1 saturated carbocycles. The maximum Gasteiger partial charge on any atom is 3.00 e. The first-order valence-corrected chi connectivity index (χ1v) is 10.0. The summed E-state index contributed by atoms with van der Waals surface area (Å²) in [5.74, 6) is 0. The number of halogens is 2. The van der Waals surface area contributed by atoms with Crippen molar-refractivity contribution in [3.63, 3.8) is 0 Å². The molecule has 0 bridgehead atoms. The van der Waals surface area contributed by atoms with Crippen LogP contribution in [0.2, 0.25) is 13.1 Å². The molecule has 0 saturated heterocycles. The molecule has 5 heteroatoms. The molecule has 0 aliphatic heterocycles. The average molecular weight is 367 g/mol. The zero-order valence-electron chi connectivity index (χ0n) is 13.0. The normalized spacial score (nSPS) is 21.2. The summed E-state index contributed by atoms with van der Waals surface area (Å²) in [5, 5.41) is 5.74. The standard InChI is InChI=1S/C15H26NSi.2ClH.Ti/c1-12-8-9-13(2)14(12)16-15(17(3)4)10-6-5-7-11-15;;;/h8-9,14,17H,5-7,10-11H2,1-4H3;2*1H;/q-1;;;+3/p-2. The molecule has 1 radical (unpaired) electrons. The van der Waals surface area contributed by atoms with E-state index in [-0.39, 0.29) is 46.5 Å². The van der Waals surface area contributed by atoms with Gasteiger partial charge in [-0.15, -0.1) is 5.16 Å². The Balaban J connectivity index is 0. The van der Waals surface area contributed by atoms with Crippen LogP contribution in [0.4, 0.5) is 0 Å². The van der Waals surface area contributed by atoms with Crippen LogP contribution in [0.1, 0.15) is 46.0 Å². The SMILES string of the molecule is CC1=CC=C(C)C1[N-]C1([SiH](C)C)CCCCC1.[Cl-].[Cl-].[Ti+3]. The van der Waals surface area contributed by atoms with Crippen LogP contribution in [0, 0.1) is 0 Å². The maximum absolute atomic E-state index is 5.35. The molecule has 20 heavy (non-hydrogen) atoms. The molecule has 0 heterocycles. The van der Waals surface area contributed by atoms with Gasteiger partial charge in [-0.3, -0.25) is 0 Å². The molecule has 0 N–H and O–H groups in total. The average Bonchev–Trinajstić information content (AvgIpc) is 2.62. The first-order valence-electron chi connectivity index (χ1n) is 7.12. The summed E-state index contributed by atoms with van der Waals surface area (Å²) in [4.78, 5) is 0. The molecule has 1 nitrogen and oxygen atoms in total.